The fraction of sp³-hybridized carbons (Fsp3) is 0.318. The van der Waals surface area contributed by atoms with E-state index in [0.29, 0.717) is 5.69 Å². The monoisotopic (exact) mass is 364 g/mol. The molecule has 1 N–H and O–H groups in total. The first-order valence-corrected chi connectivity index (χ1v) is 9.13. The topological polar surface area (TPSA) is 70.5 Å². The maximum Gasteiger partial charge on any atom is 0.290 e. The smallest absolute Gasteiger partial charge is 0.290 e. The first kappa shape index (κ1) is 18.8. The Bertz CT molecular complexity index is 887. The number of pyridine rings is 1. The van der Waals surface area contributed by atoms with Crippen LogP contribution in [0.3, 0.4) is 0 Å². The summed E-state index contributed by atoms with van der Waals surface area (Å²) in [6, 6.07) is 12.5. The Balaban J connectivity index is 2.07. The Hall–Kier alpha value is -2.95. The lowest BCUT2D eigenvalue weighted by molar-refractivity contribution is -0.130. The minimum atomic E-state index is -0.605. The van der Waals surface area contributed by atoms with Crippen molar-refractivity contribution in [2.45, 2.75) is 39.8 Å². The molecule has 1 atom stereocenters. The lowest BCUT2D eigenvalue weighted by Crippen LogP contribution is -2.31. The average Bonchev–Trinajstić information content (AvgIpc) is 2.87. The van der Waals surface area contributed by atoms with Gasteiger partial charge in [-0.2, -0.15) is 0 Å². The number of aliphatic hydroxyl groups is 1. The van der Waals surface area contributed by atoms with Gasteiger partial charge in [0.2, 0.25) is 0 Å². The van der Waals surface area contributed by atoms with Crippen molar-refractivity contribution in [2.24, 2.45) is 5.92 Å². The second-order valence-corrected chi connectivity index (χ2v) is 7.30. The number of carbonyl (C=O) groups excluding carboxylic acids is 2. The van der Waals surface area contributed by atoms with Gasteiger partial charge in [-0.3, -0.25) is 14.6 Å². The molecule has 0 aliphatic carbocycles. The Kier molecular flexibility index (Phi) is 5.40. The highest BCUT2D eigenvalue weighted by molar-refractivity contribution is 6.09. The summed E-state index contributed by atoms with van der Waals surface area (Å²) in [5.74, 6) is -1.02. The van der Waals surface area contributed by atoms with Crippen LogP contribution in [0.5, 0.6) is 0 Å². The van der Waals surface area contributed by atoms with E-state index in [2.05, 4.69) is 4.98 Å². The lowest BCUT2D eigenvalue weighted by atomic mass is 9.90. The molecule has 1 aromatic carbocycles. The molecule has 1 unspecified atom stereocenters. The van der Waals surface area contributed by atoms with E-state index in [0.717, 1.165) is 11.1 Å². The third kappa shape index (κ3) is 3.77. The standard InChI is InChI=1S/C22H24N2O3/c1-14(2)12-18(25)19-20(17-10-5-4-8-15(17)3)24(22(27)21(19)26)13-16-9-6-7-11-23-16/h4-11,14,20,26H,12-13H2,1-3H3. The summed E-state index contributed by atoms with van der Waals surface area (Å²) in [7, 11) is 0. The molecule has 27 heavy (non-hydrogen) atoms. The van der Waals surface area contributed by atoms with Crippen molar-refractivity contribution in [3.8, 4) is 0 Å². The minimum absolute atomic E-state index is 0.135. The number of amides is 1. The molecule has 0 fully saturated rings. The first-order chi connectivity index (χ1) is 12.9. The zero-order chi connectivity index (χ0) is 19.6. The van der Waals surface area contributed by atoms with Gasteiger partial charge >= 0.3 is 0 Å². The molecule has 5 nitrogen and oxygen atoms in total. The summed E-state index contributed by atoms with van der Waals surface area (Å²) in [4.78, 5) is 31.6. The summed E-state index contributed by atoms with van der Waals surface area (Å²) in [6.45, 7) is 6.06. The highest BCUT2D eigenvalue weighted by atomic mass is 16.3. The number of aryl methyl sites for hydroxylation is 1. The molecule has 0 radical (unpaired) electrons. The second kappa shape index (κ2) is 7.74. The van der Waals surface area contributed by atoms with E-state index in [1.165, 1.54) is 4.90 Å². The summed E-state index contributed by atoms with van der Waals surface area (Å²) in [5, 5.41) is 10.6. The molecule has 1 aliphatic rings. The zero-order valence-electron chi connectivity index (χ0n) is 15.8. The van der Waals surface area contributed by atoms with E-state index in [-0.39, 0.29) is 30.2 Å². The van der Waals surface area contributed by atoms with E-state index in [1.54, 1.807) is 12.3 Å². The predicted octanol–water partition coefficient (Wildman–Crippen LogP) is 3.90. The van der Waals surface area contributed by atoms with Gasteiger partial charge < -0.3 is 10.0 Å². The van der Waals surface area contributed by atoms with Gasteiger partial charge in [-0.15, -0.1) is 0 Å². The van der Waals surface area contributed by atoms with Crippen LogP contribution < -0.4 is 0 Å². The molecule has 1 amide bonds. The molecule has 0 saturated heterocycles. The number of aromatic nitrogens is 1. The Morgan fingerprint density at radius 2 is 1.89 bits per heavy atom. The molecule has 0 saturated carbocycles. The molecule has 2 aromatic rings. The SMILES string of the molecule is Cc1ccccc1C1C(C(=O)CC(C)C)=C(O)C(=O)N1Cc1ccccn1. The quantitative estimate of drug-likeness (QED) is 0.844. The largest absolute Gasteiger partial charge is 0.503 e. The Labute approximate surface area is 159 Å². The number of nitrogens with zero attached hydrogens (tertiary/aromatic N) is 2. The van der Waals surface area contributed by atoms with Crippen molar-refractivity contribution in [3.05, 3.63) is 76.8 Å². The highest BCUT2D eigenvalue weighted by Gasteiger charge is 2.43. The van der Waals surface area contributed by atoms with Crippen LogP contribution in [0.1, 0.15) is 43.1 Å². The highest BCUT2D eigenvalue weighted by Crippen LogP contribution is 2.40. The number of rotatable bonds is 6. The molecule has 3 rings (SSSR count). The average molecular weight is 364 g/mol. The third-order valence-corrected chi connectivity index (χ3v) is 4.74. The maximum atomic E-state index is 12.9. The molecule has 1 aliphatic heterocycles. The van der Waals surface area contributed by atoms with E-state index < -0.39 is 17.7 Å². The first-order valence-electron chi connectivity index (χ1n) is 9.13. The number of hydrogen-bond donors (Lipinski definition) is 1. The molecule has 140 valence electrons. The zero-order valence-corrected chi connectivity index (χ0v) is 15.8. The van der Waals surface area contributed by atoms with Crippen molar-refractivity contribution in [1.82, 2.24) is 9.88 Å². The van der Waals surface area contributed by atoms with Crippen LogP contribution >= 0.6 is 0 Å². The fourth-order valence-corrected chi connectivity index (χ4v) is 3.47. The van der Waals surface area contributed by atoms with Crippen LogP contribution in [0.2, 0.25) is 0 Å². The van der Waals surface area contributed by atoms with E-state index in [1.807, 2.05) is 57.2 Å². The van der Waals surface area contributed by atoms with Crippen LogP contribution in [0, 0.1) is 12.8 Å². The van der Waals surface area contributed by atoms with Gasteiger partial charge in [0, 0.05) is 12.6 Å². The Morgan fingerprint density at radius 3 is 2.52 bits per heavy atom. The van der Waals surface area contributed by atoms with Crippen LogP contribution in [-0.4, -0.2) is 26.7 Å². The second-order valence-electron chi connectivity index (χ2n) is 7.30. The lowest BCUT2D eigenvalue weighted by Gasteiger charge is -2.28. The molecule has 2 heterocycles. The van der Waals surface area contributed by atoms with Crippen LogP contribution in [0.15, 0.2) is 60.0 Å². The molecule has 1 aromatic heterocycles. The van der Waals surface area contributed by atoms with Crippen molar-refractivity contribution in [3.63, 3.8) is 0 Å². The normalized spacial score (nSPS) is 17.1. The van der Waals surface area contributed by atoms with Gasteiger partial charge in [0.15, 0.2) is 11.5 Å². The van der Waals surface area contributed by atoms with Crippen molar-refractivity contribution < 1.29 is 14.7 Å². The summed E-state index contributed by atoms with van der Waals surface area (Å²) in [6.07, 6.45) is 1.95. The van der Waals surface area contributed by atoms with Crippen LogP contribution in [0.25, 0.3) is 0 Å². The third-order valence-electron chi connectivity index (χ3n) is 4.74. The van der Waals surface area contributed by atoms with E-state index in [9.17, 15) is 14.7 Å². The molecule has 0 bridgehead atoms. The Morgan fingerprint density at radius 1 is 1.19 bits per heavy atom. The van der Waals surface area contributed by atoms with Crippen molar-refractivity contribution >= 4 is 11.7 Å². The number of carbonyl (C=O) groups is 2. The number of aliphatic hydroxyl groups excluding tert-OH is 1. The summed E-state index contributed by atoms with van der Waals surface area (Å²) in [5.41, 5.74) is 2.71. The summed E-state index contributed by atoms with van der Waals surface area (Å²) < 4.78 is 0. The van der Waals surface area contributed by atoms with Gasteiger partial charge in [0.1, 0.15) is 0 Å². The summed E-state index contributed by atoms with van der Waals surface area (Å²) >= 11 is 0. The van der Waals surface area contributed by atoms with Gasteiger partial charge in [0.05, 0.1) is 23.9 Å². The number of ketones is 1. The molecule has 0 spiro atoms. The minimum Gasteiger partial charge on any atom is -0.503 e. The number of benzene rings is 1. The number of hydrogen-bond acceptors (Lipinski definition) is 4. The van der Waals surface area contributed by atoms with Gasteiger partial charge in [-0.05, 0) is 36.1 Å². The van der Waals surface area contributed by atoms with E-state index in [4.69, 9.17) is 0 Å². The fourth-order valence-electron chi connectivity index (χ4n) is 3.47. The molecular formula is C22H24N2O3. The van der Waals surface area contributed by atoms with E-state index >= 15 is 0 Å². The predicted molar refractivity (Wildman–Crippen MR) is 103 cm³/mol. The van der Waals surface area contributed by atoms with Gasteiger partial charge in [-0.25, -0.2) is 0 Å². The number of Topliss-reactive ketones (excluding diaryl/α,β-unsaturated/α-hetero) is 1. The molecular weight excluding hydrogens is 340 g/mol. The van der Waals surface area contributed by atoms with Gasteiger partial charge in [0.25, 0.3) is 5.91 Å². The maximum absolute atomic E-state index is 12.9. The van der Waals surface area contributed by atoms with Crippen molar-refractivity contribution in [2.75, 3.05) is 0 Å². The van der Waals surface area contributed by atoms with Gasteiger partial charge in [-0.1, -0.05) is 44.2 Å². The van der Waals surface area contributed by atoms with Crippen LogP contribution in [0.4, 0.5) is 0 Å². The molecule has 5 heteroatoms. The van der Waals surface area contributed by atoms with Crippen LogP contribution in [-0.2, 0) is 16.1 Å². The van der Waals surface area contributed by atoms with Crippen molar-refractivity contribution in [1.29, 1.82) is 0 Å².